The minimum atomic E-state index is 0.210. The molecule has 0 aliphatic rings. The van der Waals surface area contributed by atoms with Gasteiger partial charge >= 0.3 is 0 Å². The first-order valence-corrected chi connectivity index (χ1v) is 6.14. The molecule has 0 amide bonds. The molecule has 0 aliphatic heterocycles. The molecule has 0 bridgehead atoms. The van der Waals surface area contributed by atoms with Gasteiger partial charge in [-0.15, -0.1) is 0 Å². The second kappa shape index (κ2) is 6.27. The van der Waals surface area contributed by atoms with E-state index in [-0.39, 0.29) is 5.95 Å². The number of aromatic nitrogens is 2. The van der Waals surface area contributed by atoms with Gasteiger partial charge in [0.25, 0.3) is 0 Å². The number of nitrogen functional groups attached to an aromatic ring is 2. The van der Waals surface area contributed by atoms with Crippen molar-refractivity contribution < 1.29 is 0 Å². The molecule has 0 saturated carbocycles. The maximum absolute atomic E-state index is 5.60. The van der Waals surface area contributed by atoms with E-state index in [0.717, 1.165) is 12.3 Å². The van der Waals surface area contributed by atoms with Crippen LogP contribution in [0.1, 0.15) is 40.0 Å². The molecule has 0 aromatic carbocycles. The molecule has 1 aromatic rings. The largest absolute Gasteiger partial charge is 0.383 e. The van der Waals surface area contributed by atoms with Crippen molar-refractivity contribution in [1.29, 1.82) is 0 Å². The van der Waals surface area contributed by atoms with Gasteiger partial charge in [0, 0.05) is 12.1 Å². The summed E-state index contributed by atoms with van der Waals surface area (Å²) < 4.78 is 0. The van der Waals surface area contributed by atoms with Crippen LogP contribution in [0.4, 0.5) is 17.6 Å². The van der Waals surface area contributed by atoms with E-state index in [1.165, 1.54) is 12.8 Å². The highest BCUT2D eigenvalue weighted by atomic mass is 15.1. The molecule has 0 aliphatic carbocycles. The van der Waals surface area contributed by atoms with E-state index in [0.29, 0.717) is 17.7 Å². The Bertz CT molecular complexity index is 330. The summed E-state index contributed by atoms with van der Waals surface area (Å²) in [5.74, 6) is 2.07. The van der Waals surface area contributed by atoms with E-state index < -0.39 is 0 Å². The lowest BCUT2D eigenvalue weighted by molar-refractivity contribution is 0.520. The first-order chi connectivity index (χ1) is 7.97. The maximum Gasteiger partial charge on any atom is 0.223 e. The highest BCUT2D eigenvalue weighted by Crippen LogP contribution is 2.14. The van der Waals surface area contributed by atoms with Crippen LogP contribution in [0.2, 0.25) is 0 Å². The normalized spacial score (nSPS) is 12.7. The molecule has 1 aromatic heterocycles. The van der Waals surface area contributed by atoms with E-state index in [4.69, 9.17) is 11.5 Å². The number of hydrogen-bond donors (Lipinski definition) is 3. The average Bonchev–Trinajstić information content (AvgIpc) is 2.14. The van der Waals surface area contributed by atoms with Crippen LogP contribution in [-0.4, -0.2) is 16.0 Å². The molecular formula is C12H23N5. The van der Waals surface area contributed by atoms with Gasteiger partial charge in [-0.2, -0.15) is 9.97 Å². The highest BCUT2D eigenvalue weighted by Gasteiger charge is 2.05. The molecule has 1 unspecified atom stereocenters. The van der Waals surface area contributed by atoms with Crippen LogP contribution < -0.4 is 16.8 Å². The fourth-order valence-electron chi connectivity index (χ4n) is 1.72. The van der Waals surface area contributed by atoms with Crippen molar-refractivity contribution in [3.05, 3.63) is 6.07 Å². The Morgan fingerprint density at radius 1 is 1.18 bits per heavy atom. The molecule has 5 N–H and O–H groups in total. The standard InChI is InChI=1S/C12H23N5/c1-8(2)5-4-6-9(3)15-11-7-10(13)16-12(14)17-11/h7-9H,4-6H2,1-3H3,(H5,13,14,15,16,17). The fourth-order valence-corrected chi connectivity index (χ4v) is 1.72. The Kier molecular flexibility index (Phi) is 5.00. The molecule has 0 radical (unpaired) electrons. The van der Waals surface area contributed by atoms with Crippen LogP contribution in [0.15, 0.2) is 6.07 Å². The third-order valence-electron chi connectivity index (χ3n) is 2.58. The quantitative estimate of drug-likeness (QED) is 0.706. The van der Waals surface area contributed by atoms with E-state index in [2.05, 4.69) is 36.1 Å². The highest BCUT2D eigenvalue weighted by molar-refractivity contribution is 5.48. The summed E-state index contributed by atoms with van der Waals surface area (Å²) in [6.45, 7) is 6.61. The van der Waals surface area contributed by atoms with Crippen LogP contribution in [-0.2, 0) is 0 Å². The number of nitrogens with zero attached hydrogens (tertiary/aromatic N) is 2. The van der Waals surface area contributed by atoms with Gasteiger partial charge in [-0.3, -0.25) is 0 Å². The minimum absolute atomic E-state index is 0.210. The Morgan fingerprint density at radius 2 is 1.88 bits per heavy atom. The maximum atomic E-state index is 5.60. The lowest BCUT2D eigenvalue weighted by Gasteiger charge is -2.15. The summed E-state index contributed by atoms with van der Waals surface area (Å²) in [5.41, 5.74) is 11.1. The predicted molar refractivity (Wildman–Crippen MR) is 72.6 cm³/mol. The van der Waals surface area contributed by atoms with Gasteiger partial charge < -0.3 is 16.8 Å². The van der Waals surface area contributed by atoms with Crippen LogP contribution in [0.3, 0.4) is 0 Å². The van der Waals surface area contributed by atoms with E-state index in [1.54, 1.807) is 6.07 Å². The third-order valence-corrected chi connectivity index (χ3v) is 2.58. The molecule has 5 heteroatoms. The molecule has 1 rings (SSSR count). The monoisotopic (exact) mass is 237 g/mol. The Balaban J connectivity index is 2.42. The number of rotatable bonds is 6. The predicted octanol–water partition coefficient (Wildman–Crippen LogP) is 2.27. The fraction of sp³-hybridized carbons (Fsp3) is 0.667. The molecular weight excluding hydrogens is 214 g/mol. The zero-order chi connectivity index (χ0) is 12.8. The lowest BCUT2D eigenvalue weighted by atomic mass is 10.0. The Morgan fingerprint density at radius 3 is 2.47 bits per heavy atom. The molecule has 0 fully saturated rings. The zero-order valence-electron chi connectivity index (χ0n) is 10.9. The van der Waals surface area contributed by atoms with Gasteiger partial charge in [0.2, 0.25) is 5.95 Å². The first kappa shape index (κ1) is 13.5. The van der Waals surface area contributed by atoms with E-state index in [9.17, 15) is 0 Å². The lowest BCUT2D eigenvalue weighted by Crippen LogP contribution is -2.17. The van der Waals surface area contributed by atoms with Gasteiger partial charge in [-0.25, -0.2) is 0 Å². The summed E-state index contributed by atoms with van der Waals surface area (Å²) in [4.78, 5) is 7.92. The van der Waals surface area contributed by atoms with Crippen molar-refractivity contribution in [2.45, 2.75) is 46.1 Å². The number of hydrogen-bond acceptors (Lipinski definition) is 5. The SMILES string of the molecule is CC(C)CCCC(C)Nc1cc(N)nc(N)n1. The molecule has 0 saturated heterocycles. The van der Waals surface area contributed by atoms with Crippen molar-refractivity contribution in [3.8, 4) is 0 Å². The molecule has 17 heavy (non-hydrogen) atoms. The third kappa shape index (κ3) is 5.38. The summed E-state index contributed by atoms with van der Waals surface area (Å²) >= 11 is 0. The van der Waals surface area contributed by atoms with Gasteiger partial charge in [-0.05, 0) is 19.3 Å². The van der Waals surface area contributed by atoms with Crippen molar-refractivity contribution in [2.75, 3.05) is 16.8 Å². The molecule has 0 spiro atoms. The molecule has 5 nitrogen and oxygen atoms in total. The van der Waals surface area contributed by atoms with Gasteiger partial charge in [0.05, 0.1) is 0 Å². The van der Waals surface area contributed by atoms with Crippen molar-refractivity contribution in [3.63, 3.8) is 0 Å². The van der Waals surface area contributed by atoms with Crippen molar-refractivity contribution in [2.24, 2.45) is 5.92 Å². The Hall–Kier alpha value is -1.52. The number of nitrogens with two attached hydrogens (primary N) is 2. The van der Waals surface area contributed by atoms with Gasteiger partial charge in [0.15, 0.2) is 0 Å². The summed E-state index contributed by atoms with van der Waals surface area (Å²) in [7, 11) is 0. The van der Waals surface area contributed by atoms with Gasteiger partial charge in [-0.1, -0.05) is 26.7 Å². The second-order valence-electron chi connectivity index (χ2n) is 4.91. The van der Waals surface area contributed by atoms with Crippen LogP contribution >= 0.6 is 0 Å². The van der Waals surface area contributed by atoms with Crippen LogP contribution in [0.5, 0.6) is 0 Å². The average molecular weight is 237 g/mol. The number of nitrogens with one attached hydrogen (secondary N) is 1. The van der Waals surface area contributed by atoms with Crippen LogP contribution in [0, 0.1) is 5.92 Å². The number of anilines is 3. The summed E-state index contributed by atoms with van der Waals surface area (Å²) in [6, 6.07) is 2.07. The first-order valence-electron chi connectivity index (χ1n) is 6.14. The zero-order valence-corrected chi connectivity index (χ0v) is 10.9. The minimum Gasteiger partial charge on any atom is -0.383 e. The van der Waals surface area contributed by atoms with Crippen molar-refractivity contribution in [1.82, 2.24) is 9.97 Å². The van der Waals surface area contributed by atoms with E-state index >= 15 is 0 Å². The van der Waals surface area contributed by atoms with E-state index in [1.807, 2.05) is 0 Å². The molecule has 96 valence electrons. The van der Waals surface area contributed by atoms with Crippen molar-refractivity contribution >= 4 is 17.6 Å². The van der Waals surface area contributed by atoms with Crippen LogP contribution in [0.25, 0.3) is 0 Å². The molecule has 1 heterocycles. The summed E-state index contributed by atoms with van der Waals surface area (Å²) in [6.07, 6.45) is 3.57. The smallest absolute Gasteiger partial charge is 0.223 e. The van der Waals surface area contributed by atoms with Gasteiger partial charge in [0.1, 0.15) is 11.6 Å². The second-order valence-corrected chi connectivity index (χ2v) is 4.91. The molecule has 1 atom stereocenters. The topological polar surface area (TPSA) is 89.8 Å². The summed E-state index contributed by atoms with van der Waals surface area (Å²) in [5, 5.41) is 3.29. The Labute approximate surface area is 103 Å².